The number of methoxy groups -OCH3 is 1. The molecule has 0 radical (unpaired) electrons. The van der Waals surface area contributed by atoms with E-state index in [1.807, 2.05) is 43.1 Å². The number of ether oxygens (including phenoxy) is 1. The third-order valence-electron chi connectivity index (χ3n) is 5.68. The van der Waals surface area contributed by atoms with Crippen LogP contribution in [0.2, 0.25) is 5.02 Å². The van der Waals surface area contributed by atoms with E-state index < -0.39 is 36.2 Å². The predicted molar refractivity (Wildman–Crippen MR) is 111 cm³/mol. The smallest absolute Gasteiger partial charge is 0.329 e. The number of halogens is 1. The Morgan fingerprint density at radius 2 is 1.97 bits per heavy atom. The van der Waals surface area contributed by atoms with Gasteiger partial charge < -0.3 is 14.5 Å². The number of anilines is 1. The van der Waals surface area contributed by atoms with Crippen LogP contribution in [0.3, 0.4) is 0 Å². The number of allylic oxidation sites excluding steroid dienone is 1. The van der Waals surface area contributed by atoms with Crippen molar-refractivity contribution >= 4 is 41.2 Å². The Labute approximate surface area is 179 Å². The first-order chi connectivity index (χ1) is 14.2. The van der Waals surface area contributed by atoms with Gasteiger partial charge >= 0.3 is 12.0 Å². The zero-order valence-electron chi connectivity index (χ0n) is 17.3. The molecule has 0 saturated carbocycles. The van der Waals surface area contributed by atoms with Crippen LogP contribution in [0.25, 0.3) is 0 Å². The number of likely N-dealkylation sites (N-methyl/N-ethyl adjacent to an activating group) is 1. The summed E-state index contributed by atoms with van der Waals surface area (Å²) in [6.45, 7) is 5.34. The second kappa shape index (κ2) is 7.02. The number of guanidine groups is 1. The molecule has 0 aromatic heterocycles. The normalized spacial score (nSPS) is 23.9. The number of aryl methyl sites for hydroxylation is 1. The highest BCUT2D eigenvalue weighted by molar-refractivity contribution is 6.31. The second-order valence-corrected chi connectivity index (χ2v) is 7.97. The van der Waals surface area contributed by atoms with Gasteiger partial charge in [-0.3, -0.25) is 9.69 Å². The van der Waals surface area contributed by atoms with Crippen LogP contribution in [0.5, 0.6) is 0 Å². The molecule has 9 nitrogen and oxygen atoms in total. The molecule has 0 N–H and O–H groups in total. The number of esters is 1. The lowest BCUT2D eigenvalue weighted by Crippen LogP contribution is -2.67. The predicted octanol–water partition coefficient (Wildman–Crippen LogP) is 2.15. The molecule has 3 amide bonds. The molecule has 0 bridgehead atoms. The summed E-state index contributed by atoms with van der Waals surface area (Å²) in [5.41, 5.74) is 2.69. The lowest BCUT2D eigenvalue weighted by molar-refractivity contribution is -0.153. The molecule has 0 spiro atoms. The van der Waals surface area contributed by atoms with Gasteiger partial charge in [0.25, 0.3) is 5.91 Å². The van der Waals surface area contributed by atoms with E-state index in [0.29, 0.717) is 11.0 Å². The van der Waals surface area contributed by atoms with Crippen molar-refractivity contribution in [3.63, 3.8) is 0 Å². The Hall–Kier alpha value is -3.07. The largest absolute Gasteiger partial charge is 0.467 e. The number of amides is 3. The highest BCUT2D eigenvalue weighted by Gasteiger charge is 2.56. The van der Waals surface area contributed by atoms with Gasteiger partial charge in [-0.2, -0.15) is 0 Å². The molecule has 1 saturated heterocycles. The quantitative estimate of drug-likeness (QED) is 0.682. The maximum Gasteiger partial charge on any atom is 0.329 e. The van der Waals surface area contributed by atoms with Gasteiger partial charge in [-0.15, -0.1) is 0 Å². The fraction of sp³-hybridized carbons (Fsp3) is 0.400. The fourth-order valence-electron chi connectivity index (χ4n) is 4.07. The number of nitrogens with zero attached hydrogens (tertiary/aromatic N) is 5. The molecule has 30 heavy (non-hydrogen) atoms. The van der Waals surface area contributed by atoms with Gasteiger partial charge in [-0.25, -0.2) is 19.5 Å². The van der Waals surface area contributed by atoms with E-state index >= 15 is 0 Å². The summed E-state index contributed by atoms with van der Waals surface area (Å²) in [5.74, 6) is -0.617. The number of rotatable bonds is 3. The number of hydrogen-bond acceptors (Lipinski definition) is 7. The minimum Gasteiger partial charge on any atom is -0.467 e. The number of carbonyl (C=O) groups is 3. The van der Waals surface area contributed by atoms with E-state index in [1.165, 1.54) is 18.9 Å². The van der Waals surface area contributed by atoms with E-state index in [9.17, 15) is 14.4 Å². The van der Waals surface area contributed by atoms with Gasteiger partial charge in [0.2, 0.25) is 5.96 Å². The van der Waals surface area contributed by atoms with Gasteiger partial charge in [0, 0.05) is 24.0 Å². The number of benzene rings is 1. The Kier molecular flexibility index (Phi) is 4.73. The lowest BCUT2D eigenvalue weighted by Gasteiger charge is -2.41. The van der Waals surface area contributed by atoms with Crippen molar-refractivity contribution in [1.82, 2.24) is 14.7 Å². The molecular formula is C20H22ClN5O4. The SMILES string of the molecule is COC(=O)C(C)N1C(=O)C2C(N=C3N(c4cc(Cl)ccc4C)C(C)=CN32)N(C)C1=O. The summed E-state index contributed by atoms with van der Waals surface area (Å²) in [6, 6.07) is 3.17. The third kappa shape index (κ3) is 2.76. The van der Waals surface area contributed by atoms with Gasteiger partial charge in [0.15, 0.2) is 12.2 Å². The van der Waals surface area contributed by atoms with Crippen LogP contribution in [-0.4, -0.2) is 71.0 Å². The van der Waals surface area contributed by atoms with E-state index in [-0.39, 0.29) is 0 Å². The van der Waals surface area contributed by atoms with Gasteiger partial charge in [-0.05, 0) is 38.5 Å². The first kappa shape index (κ1) is 20.2. The van der Waals surface area contributed by atoms with Crippen LogP contribution < -0.4 is 4.90 Å². The molecule has 3 unspecified atom stereocenters. The van der Waals surface area contributed by atoms with Crippen molar-refractivity contribution in [2.24, 2.45) is 4.99 Å². The molecule has 3 aliphatic heterocycles. The topological polar surface area (TPSA) is 85.8 Å². The van der Waals surface area contributed by atoms with Gasteiger partial charge in [-0.1, -0.05) is 17.7 Å². The summed E-state index contributed by atoms with van der Waals surface area (Å²) in [6.07, 6.45) is 1.12. The van der Waals surface area contributed by atoms with E-state index in [0.717, 1.165) is 21.8 Å². The average molecular weight is 432 g/mol. The van der Waals surface area contributed by atoms with Crippen molar-refractivity contribution in [2.75, 3.05) is 19.1 Å². The number of urea groups is 1. The van der Waals surface area contributed by atoms with Gasteiger partial charge in [0.1, 0.15) is 6.04 Å². The van der Waals surface area contributed by atoms with Crippen LogP contribution in [0, 0.1) is 6.92 Å². The molecule has 1 aromatic carbocycles. The first-order valence-corrected chi connectivity index (χ1v) is 9.83. The highest BCUT2D eigenvalue weighted by atomic mass is 35.5. The maximum absolute atomic E-state index is 13.3. The lowest BCUT2D eigenvalue weighted by atomic mass is 10.1. The van der Waals surface area contributed by atoms with E-state index in [4.69, 9.17) is 21.3 Å². The molecular weight excluding hydrogens is 410 g/mol. The molecule has 4 rings (SSSR count). The maximum atomic E-state index is 13.3. The number of aliphatic imine (C=N–C) groups is 1. The number of hydrogen-bond donors (Lipinski definition) is 0. The van der Waals surface area contributed by atoms with Crippen LogP contribution in [0.15, 0.2) is 35.1 Å². The Balaban J connectivity index is 1.74. The summed E-state index contributed by atoms with van der Waals surface area (Å²) in [5, 5.41) is 0.583. The van der Waals surface area contributed by atoms with Crippen LogP contribution in [-0.2, 0) is 14.3 Å². The Bertz CT molecular complexity index is 1020. The Morgan fingerprint density at radius 1 is 1.27 bits per heavy atom. The summed E-state index contributed by atoms with van der Waals surface area (Å²) < 4.78 is 4.73. The minimum absolute atomic E-state index is 0.492. The molecule has 3 aliphatic rings. The van der Waals surface area contributed by atoms with Crippen molar-refractivity contribution in [3.8, 4) is 0 Å². The number of imide groups is 1. The highest BCUT2D eigenvalue weighted by Crippen LogP contribution is 2.38. The van der Waals surface area contributed by atoms with Crippen molar-refractivity contribution < 1.29 is 19.1 Å². The summed E-state index contributed by atoms with van der Waals surface area (Å²) >= 11 is 6.21. The number of carbonyl (C=O) groups excluding carboxylic acids is 3. The van der Waals surface area contributed by atoms with E-state index in [2.05, 4.69) is 0 Å². The van der Waals surface area contributed by atoms with Crippen molar-refractivity contribution in [2.45, 2.75) is 39.0 Å². The molecule has 3 heterocycles. The molecule has 158 valence electrons. The average Bonchev–Trinajstić information content (AvgIpc) is 3.22. The molecule has 10 heteroatoms. The third-order valence-corrected chi connectivity index (χ3v) is 5.91. The molecule has 3 atom stereocenters. The van der Waals surface area contributed by atoms with Crippen LogP contribution in [0.4, 0.5) is 10.5 Å². The van der Waals surface area contributed by atoms with Crippen LogP contribution >= 0.6 is 11.6 Å². The van der Waals surface area contributed by atoms with Crippen LogP contribution in [0.1, 0.15) is 19.4 Å². The molecule has 0 aliphatic carbocycles. The van der Waals surface area contributed by atoms with E-state index in [1.54, 1.807) is 11.9 Å². The monoisotopic (exact) mass is 431 g/mol. The number of fused-ring (bicyclic) bond motifs is 3. The second-order valence-electron chi connectivity index (χ2n) is 7.53. The van der Waals surface area contributed by atoms with Crippen molar-refractivity contribution in [3.05, 3.63) is 40.7 Å². The first-order valence-electron chi connectivity index (χ1n) is 9.46. The minimum atomic E-state index is -1.04. The Morgan fingerprint density at radius 3 is 2.63 bits per heavy atom. The van der Waals surface area contributed by atoms with Crippen molar-refractivity contribution in [1.29, 1.82) is 0 Å². The molecule has 1 fully saturated rings. The zero-order chi connectivity index (χ0) is 21.9. The van der Waals surface area contributed by atoms with Gasteiger partial charge in [0.05, 0.1) is 12.8 Å². The summed E-state index contributed by atoms with van der Waals surface area (Å²) in [4.78, 5) is 48.9. The standard InChI is InChI=1S/C20H22ClN5O4/c1-10-6-7-13(21)8-14(10)25-11(2)9-24-15-16(22-19(24)25)23(4)20(29)26(17(15)27)12(3)18(28)30-5/h6-9,12,15-16H,1-5H3. The fourth-order valence-corrected chi connectivity index (χ4v) is 4.24. The summed E-state index contributed by atoms with van der Waals surface area (Å²) in [7, 11) is 2.79. The molecule has 1 aromatic rings. The zero-order valence-corrected chi connectivity index (χ0v) is 18.0.